The van der Waals surface area contributed by atoms with Crippen LogP contribution in [0.2, 0.25) is 0 Å². The first-order valence-corrected chi connectivity index (χ1v) is 7.60. The van der Waals surface area contributed by atoms with Crippen LogP contribution in [0.25, 0.3) is 0 Å². The highest BCUT2D eigenvalue weighted by Gasteiger charge is 2.22. The quantitative estimate of drug-likeness (QED) is 0.821. The van der Waals surface area contributed by atoms with Crippen LogP contribution in [-0.4, -0.2) is 48.3 Å². The van der Waals surface area contributed by atoms with Gasteiger partial charge in [-0.05, 0) is 31.4 Å². The average Bonchev–Trinajstić information content (AvgIpc) is 2.54. The molecule has 0 aromatic carbocycles. The number of esters is 1. The monoisotopic (exact) mass is 306 g/mol. The van der Waals surface area contributed by atoms with Crippen LogP contribution in [0.5, 0.6) is 0 Å². The van der Waals surface area contributed by atoms with E-state index in [1.807, 2.05) is 6.92 Å². The fourth-order valence-corrected chi connectivity index (χ4v) is 2.54. The zero-order chi connectivity index (χ0) is 15.9. The lowest BCUT2D eigenvalue weighted by atomic mass is 10.1. The summed E-state index contributed by atoms with van der Waals surface area (Å²) in [6, 6.07) is 3.50. The van der Waals surface area contributed by atoms with Gasteiger partial charge in [0.25, 0.3) is 0 Å². The molecule has 1 saturated heterocycles. The molecule has 1 fully saturated rings. The smallest absolute Gasteiger partial charge is 0.358 e. The van der Waals surface area contributed by atoms with Gasteiger partial charge in [0, 0.05) is 25.6 Å². The van der Waals surface area contributed by atoms with E-state index >= 15 is 0 Å². The van der Waals surface area contributed by atoms with Crippen LogP contribution in [0.4, 0.5) is 5.82 Å². The number of nitrogens with zero attached hydrogens (tertiary/aromatic N) is 3. The molecule has 7 heteroatoms. The number of anilines is 1. The fourth-order valence-electron chi connectivity index (χ4n) is 2.54. The number of piperidine rings is 1. The maximum absolute atomic E-state index is 11.7. The number of hydrogen-bond acceptors (Lipinski definition) is 6. The number of amides is 1. The summed E-state index contributed by atoms with van der Waals surface area (Å²) in [6.45, 7) is 3.57. The second-order valence-corrected chi connectivity index (χ2v) is 5.37. The maximum Gasteiger partial charge on any atom is 0.358 e. The minimum Gasteiger partial charge on any atom is -0.464 e. The van der Waals surface area contributed by atoms with Crippen molar-refractivity contribution >= 4 is 17.7 Å². The predicted molar refractivity (Wildman–Crippen MR) is 81.7 cm³/mol. The van der Waals surface area contributed by atoms with E-state index in [9.17, 15) is 9.59 Å². The Morgan fingerprint density at radius 2 is 2.23 bits per heavy atom. The highest BCUT2D eigenvalue weighted by atomic mass is 16.5. The van der Waals surface area contributed by atoms with Gasteiger partial charge in [0.1, 0.15) is 0 Å². The second kappa shape index (κ2) is 7.72. The number of methoxy groups -OCH3 is 1. The molecular weight excluding hydrogens is 284 g/mol. The summed E-state index contributed by atoms with van der Waals surface area (Å²) in [4.78, 5) is 25.1. The summed E-state index contributed by atoms with van der Waals surface area (Å²) in [5.74, 6) is 0.311. The molecule has 0 spiro atoms. The van der Waals surface area contributed by atoms with Gasteiger partial charge in [-0.15, -0.1) is 10.2 Å². The molecule has 0 bridgehead atoms. The Morgan fingerprint density at radius 1 is 1.41 bits per heavy atom. The molecule has 1 amide bonds. The van der Waals surface area contributed by atoms with Gasteiger partial charge in [-0.3, -0.25) is 4.79 Å². The molecule has 1 aromatic rings. The topological polar surface area (TPSA) is 84.4 Å². The molecule has 7 nitrogen and oxygen atoms in total. The number of aromatic nitrogens is 2. The van der Waals surface area contributed by atoms with Crippen molar-refractivity contribution in [3.05, 3.63) is 17.8 Å². The first-order chi connectivity index (χ1) is 10.6. The lowest BCUT2D eigenvalue weighted by molar-refractivity contribution is -0.121. The molecule has 2 rings (SSSR count). The lowest BCUT2D eigenvalue weighted by Crippen LogP contribution is -2.48. The summed E-state index contributed by atoms with van der Waals surface area (Å²) in [5.41, 5.74) is 0.191. The summed E-state index contributed by atoms with van der Waals surface area (Å²) in [5, 5.41) is 11.0. The van der Waals surface area contributed by atoms with Gasteiger partial charge < -0.3 is 15.0 Å². The molecule has 0 radical (unpaired) electrons. The minimum absolute atomic E-state index is 0.0986. The van der Waals surface area contributed by atoms with Gasteiger partial charge in [0.05, 0.1) is 7.11 Å². The van der Waals surface area contributed by atoms with E-state index in [4.69, 9.17) is 0 Å². The molecule has 1 N–H and O–H groups in total. The van der Waals surface area contributed by atoms with Crippen molar-refractivity contribution in [3.63, 3.8) is 0 Å². The van der Waals surface area contributed by atoms with E-state index < -0.39 is 5.97 Å². The Kier molecular flexibility index (Phi) is 5.68. The predicted octanol–water partition coefficient (Wildman–Crippen LogP) is 1.15. The molecule has 0 aliphatic carbocycles. The summed E-state index contributed by atoms with van der Waals surface area (Å²) in [6.07, 6.45) is 3.37. The van der Waals surface area contributed by atoms with Crippen LogP contribution in [0.3, 0.4) is 0 Å². The van der Waals surface area contributed by atoms with E-state index in [0.717, 1.165) is 25.8 Å². The van der Waals surface area contributed by atoms with Crippen LogP contribution in [0.1, 0.15) is 43.1 Å². The average molecular weight is 306 g/mol. The first kappa shape index (κ1) is 16.2. The van der Waals surface area contributed by atoms with Crippen molar-refractivity contribution in [2.45, 2.75) is 38.6 Å². The van der Waals surface area contributed by atoms with Gasteiger partial charge in [0.2, 0.25) is 5.91 Å². The summed E-state index contributed by atoms with van der Waals surface area (Å²) in [7, 11) is 1.31. The molecule has 2 heterocycles. The third-order valence-corrected chi connectivity index (χ3v) is 3.63. The van der Waals surface area contributed by atoms with Crippen molar-refractivity contribution < 1.29 is 14.3 Å². The van der Waals surface area contributed by atoms with Crippen molar-refractivity contribution in [2.75, 3.05) is 25.1 Å². The standard InChI is InChI=1S/C15H22N4O3/c1-3-5-14(20)16-11-6-4-9-19(10-11)13-8-7-12(17-18-13)15(21)22-2/h7-8,11H,3-6,9-10H2,1-2H3,(H,16,20). The molecule has 1 aliphatic heterocycles. The van der Waals surface area contributed by atoms with Gasteiger partial charge in [-0.25, -0.2) is 4.79 Å². The first-order valence-electron chi connectivity index (χ1n) is 7.60. The van der Waals surface area contributed by atoms with Crippen LogP contribution in [-0.2, 0) is 9.53 Å². The molecular formula is C15H22N4O3. The van der Waals surface area contributed by atoms with Crippen LogP contribution in [0.15, 0.2) is 12.1 Å². The lowest BCUT2D eigenvalue weighted by Gasteiger charge is -2.33. The Labute approximate surface area is 130 Å². The Morgan fingerprint density at radius 3 is 2.86 bits per heavy atom. The summed E-state index contributed by atoms with van der Waals surface area (Å²) >= 11 is 0. The van der Waals surface area contributed by atoms with Crippen molar-refractivity contribution in [1.29, 1.82) is 0 Å². The fraction of sp³-hybridized carbons (Fsp3) is 0.600. The second-order valence-electron chi connectivity index (χ2n) is 5.37. The number of ether oxygens (including phenoxy) is 1. The number of carbonyl (C=O) groups excluding carboxylic acids is 2. The Hall–Kier alpha value is -2.18. The van der Waals surface area contributed by atoms with E-state index in [1.54, 1.807) is 12.1 Å². The van der Waals surface area contributed by atoms with E-state index in [2.05, 4.69) is 25.2 Å². The summed E-state index contributed by atoms with van der Waals surface area (Å²) < 4.78 is 4.60. The Balaban J connectivity index is 1.97. The van der Waals surface area contributed by atoms with Gasteiger partial charge in [-0.2, -0.15) is 0 Å². The number of rotatable bonds is 5. The van der Waals surface area contributed by atoms with Crippen molar-refractivity contribution in [2.24, 2.45) is 0 Å². The molecule has 120 valence electrons. The van der Waals surface area contributed by atoms with Gasteiger partial charge >= 0.3 is 5.97 Å². The van der Waals surface area contributed by atoms with E-state index in [0.29, 0.717) is 18.8 Å². The molecule has 1 atom stereocenters. The Bertz CT molecular complexity index is 518. The number of hydrogen-bond donors (Lipinski definition) is 1. The SMILES string of the molecule is CCCC(=O)NC1CCCN(c2ccc(C(=O)OC)nn2)C1. The van der Waals surface area contributed by atoms with Crippen LogP contribution >= 0.6 is 0 Å². The molecule has 1 aliphatic rings. The molecule has 1 unspecified atom stereocenters. The van der Waals surface area contributed by atoms with Gasteiger partial charge in [0.15, 0.2) is 11.5 Å². The molecule has 1 aromatic heterocycles. The van der Waals surface area contributed by atoms with E-state index in [1.165, 1.54) is 7.11 Å². The normalized spacial score (nSPS) is 17.9. The molecule has 0 saturated carbocycles. The number of carbonyl (C=O) groups is 2. The largest absolute Gasteiger partial charge is 0.464 e. The van der Waals surface area contributed by atoms with Crippen molar-refractivity contribution in [3.8, 4) is 0 Å². The minimum atomic E-state index is -0.498. The highest BCUT2D eigenvalue weighted by molar-refractivity contribution is 5.87. The maximum atomic E-state index is 11.7. The molecule has 22 heavy (non-hydrogen) atoms. The van der Waals surface area contributed by atoms with E-state index in [-0.39, 0.29) is 17.6 Å². The third kappa shape index (κ3) is 4.16. The number of nitrogens with one attached hydrogen (secondary N) is 1. The van der Waals surface area contributed by atoms with Crippen molar-refractivity contribution in [1.82, 2.24) is 15.5 Å². The van der Waals surface area contributed by atoms with Crippen LogP contribution in [0, 0.1) is 0 Å². The van der Waals surface area contributed by atoms with Crippen LogP contribution < -0.4 is 10.2 Å². The zero-order valence-corrected chi connectivity index (χ0v) is 13.0. The zero-order valence-electron chi connectivity index (χ0n) is 13.0. The third-order valence-electron chi connectivity index (χ3n) is 3.63. The highest BCUT2D eigenvalue weighted by Crippen LogP contribution is 2.17. The van der Waals surface area contributed by atoms with Gasteiger partial charge in [-0.1, -0.05) is 6.92 Å².